The SMILES string of the molecule is CC(C)N(CCN)S(=O)(=O)c1ccccc1[N+](=O)[O-]. The highest BCUT2D eigenvalue weighted by Gasteiger charge is 2.32. The van der Waals surface area contributed by atoms with E-state index in [-0.39, 0.29) is 24.0 Å². The van der Waals surface area contributed by atoms with E-state index in [0.717, 1.165) is 4.31 Å². The Kier molecular flexibility index (Phi) is 4.98. The first kappa shape index (κ1) is 15.5. The van der Waals surface area contributed by atoms with Gasteiger partial charge in [0.05, 0.1) is 4.92 Å². The summed E-state index contributed by atoms with van der Waals surface area (Å²) in [6.45, 7) is 3.66. The van der Waals surface area contributed by atoms with Gasteiger partial charge in [0.2, 0.25) is 10.0 Å². The average Bonchev–Trinajstić information content (AvgIpc) is 2.35. The van der Waals surface area contributed by atoms with Crippen LogP contribution in [0.25, 0.3) is 0 Å². The predicted octanol–water partition coefficient (Wildman–Crippen LogP) is 0.953. The number of rotatable bonds is 6. The molecule has 0 atom stereocenters. The van der Waals surface area contributed by atoms with Gasteiger partial charge in [0.15, 0.2) is 4.90 Å². The van der Waals surface area contributed by atoms with Crippen LogP contribution in [0, 0.1) is 10.1 Å². The molecule has 1 rings (SSSR count). The molecule has 0 saturated carbocycles. The summed E-state index contributed by atoms with van der Waals surface area (Å²) in [5.41, 5.74) is 4.97. The lowest BCUT2D eigenvalue weighted by molar-refractivity contribution is -0.387. The van der Waals surface area contributed by atoms with Crippen molar-refractivity contribution in [1.82, 2.24) is 4.31 Å². The second-order valence-corrected chi connectivity index (χ2v) is 6.08. The highest BCUT2D eigenvalue weighted by molar-refractivity contribution is 7.89. The Bertz CT molecular complexity index is 557. The Morgan fingerprint density at radius 3 is 2.42 bits per heavy atom. The number of para-hydroxylation sites is 1. The third-order valence-corrected chi connectivity index (χ3v) is 4.70. The van der Waals surface area contributed by atoms with Gasteiger partial charge in [-0.2, -0.15) is 4.31 Å². The molecule has 19 heavy (non-hydrogen) atoms. The van der Waals surface area contributed by atoms with Crippen molar-refractivity contribution in [2.24, 2.45) is 5.73 Å². The molecule has 1 aromatic rings. The molecule has 0 aliphatic rings. The average molecular weight is 287 g/mol. The van der Waals surface area contributed by atoms with Crippen LogP contribution < -0.4 is 5.73 Å². The standard InChI is InChI=1S/C11H17N3O4S/c1-9(2)13(8-7-12)19(17,18)11-6-4-3-5-10(11)14(15)16/h3-6,9H,7-8,12H2,1-2H3. The first-order valence-electron chi connectivity index (χ1n) is 5.77. The van der Waals surface area contributed by atoms with Crippen molar-refractivity contribution < 1.29 is 13.3 Å². The number of hydrogen-bond donors (Lipinski definition) is 1. The van der Waals surface area contributed by atoms with E-state index in [1.165, 1.54) is 24.3 Å². The molecule has 0 fully saturated rings. The molecule has 0 aliphatic carbocycles. The quantitative estimate of drug-likeness (QED) is 0.619. The van der Waals surface area contributed by atoms with E-state index >= 15 is 0 Å². The molecule has 0 spiro atoms. The van der Waals surface area contributed by atoms with E-state index in [9.17, 15) is 18.5 Å². The molecule has 0 radical (unpaired) electrons. The van der Waals surface area contributed by atoms with E-state index < -0.39 is 20.6 Å². The van der Waals surface area contributed by atoms with Crippen LogP contribution in [0.3, 0.4) is 0 Å². The molecular formula is C11H17N3O4S. The normalized spacial score (nSPS) is 12.1. The van der Waals surface area contributed by atoms with Crippen LogP contribution in [0.5, 0.6) is 0 Å². The van der Waals surface area contributed by atoms with Crippen molar-refractivity contribution in [2.75, 3.05) is 13.1 Å². The van der Waals surface area contributed by atoms with Crippen molar-refractivity contribution >= 4 is 15.7 Å². The third-order valence-electron chi connectivity index (χ3n) is 2.57. The molecule has 0 heterocycles. The second kappa shape index (κ2) is 6.09. The van der Waals surface area contributed by atoms with Crippen molar-refractivity contribution in [3.8, 4) is 0 Å². The third kappa shape index (κ3) is 3.28. The Balaban J connectivity index is 3.37. The van der Waals surface area contributed by atoms with Gasteiger partial charge in [-0.3, -0.25) is 10.1 Å². The molecule has 0 aromatic heterocycles. The minimum Gasteiger partial charge on any atom is -0.329 e. The van der Waals surface area contributed by atoms with E-state index in [1.54, 1.807) is 13.8 Å². The van der Waals surface area contributed by atoms with Gasteiger partial charge in [-0.15, -0.1) is 0 Å². The van der Waals surface area contributed by atoms with E-state index in [2.05, 4.69) is 0 Å². The number of nitro benzene ring substituents is 1. The van der Waals surface area contributed by atoms with Crippen LogP contribution in [0.1, 0.15) is 13.8 Å². The summed E-state index contributed by atoms with van der Waals surface area (Å²) in [6.07, 6.45) is 0. The largest absolute Gasteiger partial charge is 0.329 e. The minimum atomic E-state index is -3.93. The number of nitro groups is 1. The molecule has 8 heteroatoms. The first-order valence-corrected chi connectivity index (χ1v) is 7.21. The molecule has 0 unspecified atom stereocenters. The van der Waals surface area contributed by atoms with Crippen molar-refractivity contribution in [3.05, 3.63) is 34.4 Å². The van der Waals surface area contributed by atoms with Crippen molar-refractivity contribution in [1.29, 1.82) is 0 Å². The van der Waals surface area contributed by atoms with E-state index in [4.69, 9.17) is 5.73 Å². The molecule has 0 bridgehead atoms. The van der Waals surface area contributed by atoms with Gasteiger partial charge >= 0.3 is 0 Å². The summed E-state index contributed by atoms with van der Waals surface area (Å²) >= 11 is 0. The molecule has 1 aromatic carbocycles. The number of sulfonamides is 1. The topological polar surface area (TPSA) is 107 Å². The fraction of sp³-hybridized carbons (Fsp3) is 0.455. The van der Waals surface area contributed by atoms with Crippen LogP contribution in [-0.2, 0) is 10.0 Å². The van der Waals surface area contributed by atoms with Gasteiger partial charge in [-0.1, -0.05) is 12.1 Å². The summed E-state index contributed by atoms with van der Waals surface area (Å²) in [7, 11) is -3.93. The highest BCUT2D eigenvalue weighted by atomic mass is 32.2. The summed E-state index contributed by atoms with van der Waals surface area (Å²) in [4.78, 5) is 9.91. The minimum absolute atomic E-state index is 0.117. The Labute approximate surface area is 112 Å². The van der Waals surface area contributed by atoms with Gasteiger partial charge < -0.3 is 5.73 Å². The molecule has 0 saturated heterocycles. The molecule has 7 nitrogen and oxygen atoms in total. The van der Waals surface area contributed by atoms with Crippen LogP contribution in [0.4, 0.5) is 5.69 Å². The van der Waals surface area contributed by atoms with Crippen LogP contribution in [-0.4, -0.2) is 36.8 Å². The number of benzene rings is 1. The summed E-state index contributed by atoms with van der Waals surface area (Å²) < 4.78 is 26.1. The van der Waals surface area contributed by atoms with Gasteiger partial charge in [0.25, 0.3) is 5.69 Å². The molecule has 2 N–H and O–H groups in total. The highest BCUT2D eigenvalue weighted by Crippen LogP contribution is 2.27. The van der Waals surface area contributed by atoms with Gasteiger partial charge in [0.1, 0.15) is 0 Å². The van der Waals surface area contributed by atoms with E-state index in [1.807, 2.05) is 0 Å². The smallest absolute Gasteiger partial charge is 0.289 e. The predicted molar refractivity (Wildman–Crippen MR) is 71.2 cm³/mol. The first-order chi connectivity index (χ1) is 8.82. The molecular weight excluding hydrogens is 270 g/mol. The maximum atomic E-state index is 12.5. The van der Waals surface area contributed by atoms with Crippen LogP contribution in [0.15, 0.2) is 29.2 Å². The fourth-order valence-electron chi connectivity index (χ4n) is 1.74. The Hall–Kier alpha value is -1.51. The van der Waals surface area contributed by atoms with Crippen LogP contribution in [0.2, 0.25) is 0 Å². The molecule has 0 amide bonds. The van der Waals surface area contributed by atoms with Gasteiger partial charge in [0, 0.05) is 25.2 Å². The number of nitrogens with two attached hydrogens (primary N) is 1. The zero-order valence-corrected chi connectivity index (χ0v) is 11.6. The Morgan fingerprint density at radius 1 is 1.37 bits per heavy atom. The van der Waals surface area contributed by atoms with Crippen molar-refractivity contribution in [3.63, 3.8) is 0 Å². The lowest BCUT2D eigenvalue weighted by Crippen LogP contribution is -2.40. The van der Waals surface area contributed by atoms with Gasteiger partial charge in [-0.05, 0) is 19.9 Å². The van der Waals surface area contributed by atoms with Crippen LogP contribution >= 0.6 is 0 Å². The summed E-state index contributed by atoms with van der Waals surface area (Å²) in [5, 5.41) is 10.9. The Morgan fingerprint density at radius 2 is 1.95 bits per heavy atom. The second-order valence-electron chi connectivity index (χ2n) is 4.22. The number of hydrogen-bond acceptors (Lipinski definition) is 5. The zero-order chi connectivity index (χ0) is 14.6. The lowest BCUT2D eigenvalue weighted by atomic mass is 10.3. The number of nitrogens with zero attached hydrogens (tertiary/aromatic N) is 2. The zero-order valence-electron chi connectivity index (χ0n) is 10.8. The molecule has 106 valence electrons. The van der Waals surface area contributed by atoms with Crippen molar-refractivity contribution in [2.45, 2.75) is 24.8 Å². The summed E-state index contributed by atoms with van der Waals surface area (Å²) in [5.74, 6) is 0. The maximum absolute atomic E-state index is 12.5. The summed E-state index contributed by atoms with van der Waals surface area (Å²) in [6, 6.07) is 4.97. The monoisotopic (exact) mass is 287 g/mol. The maximum Gasteiger partial charge on any atom is 0.289 e. The van der Waals surface area contributed by atoms with E-state index in [0.29, 0.717) is 0 Å². The lowest BCUT2D eigenvalue weighted by Gasteiger charge is -2.25. The van der Waals surface area contributed by atoms with Gasteiger partial charge in [-0.25, -0.2) is 8.42 Å². The fourth-order valence-corrected chi connectivity index (χ4v) is 3.55. The molecule has 0 aliphatic heterocycles.